The van der Waals surface area contributed by atoms with Gasteiger partial charge in [0.05, 0.1) is 13.7 Å². The number of alkyl halides is 3. The number of aromatic nitrogens is 2. The molecule has 1 aromatic heterocycles. The SMILES string of the molecule is COc1cccc(N(Cc2ccc(-c3nnc(C(F)(F)F)o3)cc2F)C(=O)N2CCS(=O)CC2)c1. The molecule has 2 amide bonds. The molecule has 0 bridgehead atoms. The molecule has 8 nitrogen and oxygen atoms in total. The van der Waals surface area contributed by atoms with Gasteiger partial charge in [-0.1, -0.05) is 12.1 Å². The topological polar surface area (TPSA) is 88.8 Å². The quantitative estimate of drug-likeness (QED) is 0.479. The van der Waals surface area contributed by atoms with Crippen LogP contribution in [-0.2, 0) is 23.5 Å². The summed E-state index contributed by atoms with van der Waals surface area (Å²) in [6.45, 7) is 0.424. The lowest BCUT2D eigenvalue weighted by Crippen LogP contribution is -2.48. The Balaban J connectivity index is 1.62. The molecule has 1 fully saturated rings. The average molecular weight is 512 g/mol. The Kier molecular flexibility index (Phi) is 7.05. The third-order valence-electron chi connectivity index (χ3n) is 5.34. The van der Waals surface area contributed by atoms with Crippen LogP contribution >= 0.6 is 0 Å². The monoisotopic (exact) mass is 512 g/mol. The lowest BCUT2D eigenvalue weighted by Gasteiger charge is -2.33. The standard InChI is InChI=1S/C22H20F4N4O4S/c1-33-17-4-2-3-16(12-17)30(21(31)29-7-9-35(32)10-8-29)13-15-6-5-14(11-18(15)23)19-27-28-20(34-19)22(24,25)26/h2-6,11-12H,7-10,13H2,1H3. The summed E-state index contributed by atoms with van der Waals surface area (Å²) >= 11 is 0. The summed E-state index contributed by atoms with van der Waals surface area (Å²) < 4.78 is 74.8. The smallest absolute Gasteiger partial charge is 0.470 e. The Labute approximate surface area is 199 Å². The minimum Gasteiger partial charge on any atom is -0.497 e. The van der Waals surface area contributed by atoms with E-state index >= 15 is 4.39 Å². The molecule has 0 spiro atoms. The van der Waals surface area contributed by atoms with Crippen LogP contribution in [0.3, 0.4) is 0 Å². The molecular weight excluding hydrogens is 492 g/mol. The second kappa shape index (κ2) is 10.0. The summed E-state index contributed by atoms with van der Waals surface area (Å²) in [5.74, 6) is -1.59. The van der Waals surface area contributed by atoms with E-state index in [0.29, 0.717) is 36.0 Å². The molecule has 0 unspecified atom stereocenters. The molecular formula is C22H20F4N4O4S. The Bertz CT molecular complexity index is 1240. The molecule has 3 aromatic rings. The van der Waals surface area contributed by atoms with Gasteiger partial charge in [-0.05, 0) is 24.3 Å². The van der Waals surface area contributed by atoms with Crippen molar-refractivity contribution in [1.82, 2.24) is 15.1 Å². The number of hydrogen-bond donors (Lipinski definition) is 0. The van der Waals surface area contributed by atoms with Crippen molar-refractivity contribution in [3.05, 3.63) is 59.7 Å². The number of ether oxygens (including phenoxy) is 1. The van der Waals surface area contributed by atoms with Crippen molar-refractivity contribution in [3.63, 3.8) is 0 Å². The van der Waals surface area contributed by atoms with Gasteiger partial charge in [0.2, 0.25) is 5.89 Å². The van der Waals surface area contributed by atoms with Crippen molar-refractivity contribution in [1.29, 1.82) is 0 Å². The number of carbonyl (C=O) groups is 1. The van der Waals surface area contributed by atoms with Crippen LogP contribution in [0.1, 0.15) is 11.5 Å². The fraction of sp³-hybridized carbons (Fsp3) is 0.318. The van der Waals surface area contributed by atoms with Crippen LogP contribution < -0.4 is 9.64 Å². The summed E-state index contributed by atoms with van der Waals surface area (Å²) in [5.41, 5.74) is 0.532. The minimum absolute atomic E-state index is 0.0352. The van der Waals surface area contributed by atoms with Gasteiger partial charge in [-0.25, -0.2) is 9.18 Å². The van der Waals surface area contributed by atoms with E-state index in [0.717, 1.165) is 6.07 Å². The summed E-state index contributed by atoms with van der Waals surface area (Å²) in [4.78, 5) is 16.3. The van der Waals surface area contributed by atoms with Gasteiger partial charge in [0.1, 0.15) is 11.6 Å². The lowest BCUT2D eigenvalue weighted by atomic mass is 10.1. The number of rotatable bonds is 5. The molecule has 35 heavy (non-hydrogen) atoms. The number of methoxy groups -OCH3 is 1. The van der Waals surface area contributed by atoms with E-state index in [1.54, 1.807) is 29.2 Å². The Morgan fingerprint density at radius 2 is 1.91 bits per heavy atom. The zero-order valence-electron chi connectivity index (χ0n) is 18.4. The molecule has 1 aliphatic rings. The first-order chi connectivity index (χ1) is 16.7. The zero-order chi connectivity index (χ0) is 25.2. The fourth-order valence-electron chi connectivity index (χ4n) is 3.48. The molecule has 186 valence electrons. The molecule has 4 rings (SSSR count). The van der Waals surface area contributed by atoms with Gasteiger partial charge in [-0.15, -0.1) is 10.2 Å². The number of nitrogens with zero attached hydrogens (tertiary/aromatic N) is 4. The summed E-state index contributed by atoms with van der Waals surface area (Å²) in [7, 11) is 0.488. The maximum absolute atomic E-state index is 15.0. The highest BCUT2D eigenvalue weighted by atomic mass is 32.2. The van der Waals surface area contributed by atoms with E-state index in [2.05, 4.69) is 14.6 Å². The minimum atomic E-state index is -4.82. The number of hydrogen-bond acceptors (Lipinski definition) is 6. The second-order valence-corrected chi connectivity index (χ2v) is 9.32. The molecule has 1 saturated heterocycles. The van der Waals surface area contributed by atoms with Gasteiger partial charge in [0.15, 0.2) is 0 Å². The van der Waals surface area contributed by atoms with Crippen molar-refractivity contribution < 1.29 is 35.7 Å². The predicted octanol–water partition coefficient (Wildman–Crippen LogP) is 4.09. The van der Waals surface area contributed by atoms with E-state index in [4.69, 9.17) is 4.74 Å². The normalized spacial score (nSPS) is 14.7. The van der Waals surface area contributed by atoms with E-state index in [-0.39, 0.29) is 17.7 Å². The summed E-state index contributed by atoms with van der Waals surface area (Å²) in [6, 6.07) is 9.94. The fourth-order valence-corrected chi connectivity index (χ4v) is 4.53. The number of benzene rings is 2. The summed E-state index contributed by atoms with van der Waals surface area (Å²) in [6.07, 6.45) is -4.82. The maximum Gasteiger partial charge on any atom is 0.470 e. The molecule has 2 heterocycles. The molecule has 0 saturated carbocycles. The molecule has 0 N–H and O–H groups in total. The van der Waals surface area contributed by atoms with E-state index in [9.17, 15) is 22.2 Å². The van der Waals surface area contributed by atoms with Crippen LogP contribution in [0, 0.1) is 5.82 Å². The van der Waals surface area contributed by atoms with Crippen LogP contribution in [0.5, 0.6) is 5.75 Å². The number of urea groups is 1. The van der Waals surface area contributed by atoms with Crippen molar-refractivity contribution in [2.24, 2.45) is 0 Å². The number of carbonyl (C=O) groups excluding carboxylic acids is 1. The van der Waals surface area contributed by atoms with E-state index in [1.807, 2.05) is 0 Å². The van der Waals surface area contributed by atoms with Crippen molar-refractivity contribution >= 4 is 22.5 Å². The van der Waals surface area contributed by atoms with Crippen LogP contribution in [0.2, 0.25) is 0 Å². The molecule has 0 radical (unpaired) electrons. The largest absolute Gasteiger partial charge is 0.497 e. The highest BCUT2D eigenvalue weighted by Crippen LogP contribution is 2.31. The van der Waals surface area contributed by atoms with Crippen LogP contribution in [0.15, 0.2) is 46.9 Å². The maximum atomic E-state index is 15.0. The van der Waals surface area contributed by atoms with Gasteiger partial charge >= 0.3 is 18.1 Å². The zero-order valence-corrected chi connectivity index (χ0v) is 19.2. The van der Waals surface area contributed by atoms with Crippen molar-refractivity contribution in [2.45, 2.75) is 12.7 Å². The number of anilines is 1. The second-order valence-electron chi connectivity index (χ2n) is 7.62. The van der Waals surface area contributed by atoms with Crippen LogP contribution in [0.25, 0.3) is 11.5 Å². The van der Waals surface area contributed by atoms with Gasteiger partial charge in [0.25, 0.3) is 0 Å². The lowest BCUT2D eigenvalue weighted by molar-refractivity contribution is -0.156. The van der Waals surface area contributed by atoms with E-state index in [1.165, 1.54) is 24.1 Å². The molecule has 1 aliphatic heterocycles. The first-order valence-electron chi connectivity index (χ1n) is 10.4. The Morgan fingerprint density at radius 1 is 1.17 bits per heavy atom. The van der Waals surface area contributed by atoms with Crippen LogP contribution in [-0.4, -0.2) is 57.0 Å². The average Bonchev–Trinajstić information content (AvgIpc) is 3.34. The van der Waals surface area contributed by atoms with Gasteiger partial charge in [-0.3, -0.25) is 9.11 Å². The number of amides is 2. The molecule has 0 atom stereocenters. The van der Waals surface area contributed by atoms with Gasteiger partial charge < -0.3 is 14.1 Å². The Morgan fingerprint density at radius 3 is 2.54 bits per heavy atom. The van der Waals surface area contributed by atoms with Gasteiger partial charge in [0, 0.05) is 58.3 Å². The first-order valence-corrected chi connectivity index (χ1v) is 11.9. The third kappa shape index (κ3) is 5.61. The van der Waals surface area contributed by atoms with Gasteiger partial charge in [-0.2, -0.15) is 13.2 Å². The van der Waals surface area contributed by atoms with Crippen molar-refractivity contribution in [3.8, 4) is 17.2 Å². The number of halogens is 4. The molecule has 2 aromatic carbocycles. The summed E-state index contributed by atoms with van der Waals surface area (Å²) in [5, 5.41) is 6.28. The van der Waals surface area contributed by atoms with Crippen LogP contribution in [0.4, 0.5) is 28.0 Å². The highest BCUT2D eigenvalue weighted by molar-refractivity contribution is 7.85. The Hall–Kier alpha value is -3.48. The third-order valence-corrected chi connectivity index (χ3v) is 6.62. The predicted molar refractivity (Wildman–Crippen MR) is 119 cm³/mol. The van der Waals surface area contributed by atoms with E-state index < -0.39 is 40.6 Å². The molecule has 0 aliphatic carbocycles. The van der Waals surface area contributed by atoms with Crippen molar-refractivity contribution in [2.75, 3.05) is 36.6 Å². The molecule has 13 heteroatoms. The highest BCUT2D eigenvalue weighted by Gasteiger charge is 2.38. The first kappa shape index (κ1) is 24.6.